The largest absolute Gasteiger partial charge is 0.490 e. The summed E-state index contributed by atoms with van der Waals surface area (Å²) in [6.45, 7) is 2.44. The van der Waals surface area contributed by atoms with Crippen molar-refractivity contribution in [2.45, 2.75) is 13.5 Å². The van der Waals surface area contributed by atoms with Crippen LogP contribution in [0.25, 0.3) is 6.08 Å². The SMILES string of the molecule is CCOc1cc(/C=C2/SC(=O)N(c3ccc(Cl)cc3)C2=O)ccc1OCc1cccc(F)c1. The van der Waals surface area contributed by atoms with Gasteiger partial charge in [0.15, 0.2) is 11.5 Å². The van der Waals surface area contributed by atoms with Crippen molar-refractivity contribution < 1.29 is 23.5 Å². The summed E-state index contributed by atoms with van der Waals surface area (Å²) in [6.07, 6.45) is 1.64. The fraction of sp³-hybridized carbons (Fsp3) is 0.120. The molecule has 0 aliphatic carbocycles. The van der Waals surface area contributed by atoms with Crippen LogP contribution in [0.5, 0.6) is 11.5 Å². The van der Waals surface area contributed by atoms with Crippen LogP contribution in [0, 0.1) is 5.82 Å². The number of thioether (sulfide) groups is 1. The van der Waals surface area contributed by atoms with Crippen LogP contribution >= 0.6 is 23.4 Å². The molecule has 1 aliphatic rings. The summed E-state index contributed by atoms with van der Waals surface area (Å²) in [5.41, 5.74) is 1.83. The van der Waals surface area contributed by atoms with Gasteiger partial charge in [0, 0.05) is 5.02 Å². The maximum absolute atomic E-state index is 13.4. The number of ether oxygens (including phenoxy) is 2. The first-order valence-corrected chi connectivity index (χ1v) is 11.3. The average Bonchev–Trinajstić information content (AvgIpc) is 3.07. The lowest BCUT2D eigenvalue weighted by atomic mass is 10.1. The van der Waals surface area contributed by atoms with Gasteiger partial charge in [0.1, 0.15) is 12.4 Å². The lowest BCUT2D eigenvalue weighted by Gasteiger charge is -2.13. The zero-order valence-electron chi connectivity index (χ0n) is 17.6. The Morgan fingerprint density at radius 1 is 1.00 bits per heavy atom. The van der Waals surface area contributed by atoms with Gasteiger partial charge in [-0.25, -0.2) is 9.29 Å². The molecule has 5 nitrogen and oxygen atoms in total. The molecule has 168 valence electrons. The summed E-state index contributed by atoms with van der Waals surface area (Å²) in [6, 6.07) is 17.9. The van der Waals surface area contributed by atoms with Gasteiger partial charge in [-0.2, -0.15) is 0 Å². The number of hydrogen-bond acceptors (Lipinski definition) is 5. The summed E-state index contributed by atoms with van der Waals surface area (Å²) in [5, 5.41) is 0.137. The molecule has 0 radical (unpaired) electrons. The summed E-state index contributed by atoms with van der Waals surface area (Å²) >= 11 is 6.77. The molecule has 33 heavy (non-hydrogen) atoms. The van der Waals surface area contributed by atoms with E-state index in [1.54, 1.807) is 60.7 Å². The van der Waals surface area contributed by atoms with Crippen LogP contribution in [-0.2, 0) is 11.4 Å². The molecule has 0 bridgehead atoms. The van der Waals surface area contributed by atoms with E-state index >= 15 is 0 Å². The van der Waals surface area contributed by atoms with Crippen LogP contribution in [-0.4, -0.2) is 17.8 Å². The smallest absolute Gasteiger partial charge is 0.298 e. The summed E-state index contributed by atoms with van der Waals surface area (Å²) in [4.78, 5) is 26.7. The molecule has 3 aromatic rings. The predicted molar refractivity (Wildman–Crippen MR) is 128 cm³/mol. The van der Waals surface area contributed by atoms with Crippen LogP contribution in [0.1, 0.15) is 18.1 Å². The zero-order valence-corrected chi connectivity index (χ0v) is 19.2. The van der Waals surface area contributed by atoms with Gasteiger partial charge in [0.25, 0.3) is 11.1 Å². The molecule has 1 fully saturated rings. The van der Waals surface area contributed by atoms with Gasteiger partial charge in [-0.15, -0.1) is 0 Å². The van der Waals surface area contributed by atoms with Gasteiger partial charge in [0.05, 0.1) is 17.2 Å². The first kappa shape index (κ1) is 22.9. The van der Waals surface area contributed by atoms with Crippen LogP contribution in [0.2, 0.25) is 5.02 Å². The summed E-state index contributed by atoms with van der Waals surface area (Å²) < 4.78 is 24.9. The Balaban J connectivity index is 1.55. The number of carbonyl (C=O) groups is 2. The Hall–Kier alpha value is -3.29. The molecule has 4 rings (SSSR count). The Morgan fingerprint density at radius 3 is 2.52 bits per heavy atom. The standard InChI is InChI=1S/C25H19ClFNO4S/c1-2-31-22-13-16(6-11-21(22)32-15-17-4-3-5-19(27)12-17)14-23-24(29)28(25(30)33-23)20-9-7-18(26)8-10-20/h3-14H,2,15H2,1H3/b23-14+. The number of nitrogens with zero attached hydrogens (tertiary/aromatic N) is 1. The minimum Gasteiger partial charge on any atom is -0.490 e. The Bertz CT molecular complexity index is 1230. The van der Waals surface area contributed by atoms with Gasteiger partial charge in [-0.1, -0.05) is 29.8 Å². The molecule has 8 heteroatoms. The van der Waals surface area contributed by atoms with E-state index in [0.29, 0.717) is 44.8 Å². The molecule has 0 N–H and O–H groups in total. The number of carbonyl (C=O) groups excluding carboxylic acids is 2. The Kier molecular flexibility index (Phi) is 7.01. The van der Waals surface area contributed by atoms with E-state index in [1.807, 2.05) is 6.92 Å². The highest BCUT2D eigenvalue weighted by Gasteiger charge is 2.36. The molecular formula is C25H19ClFNO4S. The molecule has 0 unspecified atom stereocenters. The van der Waals surface area contributed by atoms with Gasteiger partial charge in [-0.3, -0.25) is 9.59 Å². The maximum Gasteiger partial charge on any atom is 0.298 e. The molecule has 0 spiro atoms. The topological polar surface area (TPSA) is 55.8 Å². The summed E-state index contributed by atoms with van der Waals surface area (Å²) in [7, 11) is 0. The van der Waals surface area contributed by atoms with E-state index in [-0.39, 0.29) is 17.7 Å². The number of halogens is 2. The number of amides is 2. The van der Waals surface area contributed by atoms with Gasteiger partial charge >= 0.3 is 0 Å². The van der Waals surface area contributed by atoms with Gasteiger partial charge < -0.3 is 9.47 Å². The quantitative estimate of drug-likeness (QED) is 0.350. The number of hydrogen-bond donors (Lipinski definition) is 0. The van der Waals surface area contributed by atoms with Crippen LogP contribution < -0.4 is 14.4 Å². The minimum atomic E-state index is -0.406. The van der Waals surface area contributed by atoms with E-state index in [4.69, 9.17) is 21.1 Å². The molecule has 0 aromatic heterocycles. The third-order valence-corrected chi connectivity index (χ3v) is 5.85. The van der Waals surface area contributed by atoms with Crippen molar-refractivity contribution in [1.29, 1.82) is 0 Å². The highest BCUT2D eigenvalue weighted by atomic mass is 35.5. The molecule has 0 atom stereocenters. The highest BCUT2D eigenvalue weighted by Crippen LogP contribution is 2.37. The summed E-state index contributed by atoms with van der Waals surface area (Å²) in [5.74, 6) is 0.243. The van der Waals surface area contributed by atoms with Crippen LogP contribution in [0.4, 0.5) is 14.9 Å². The number of imide groups is 1. The van der Waals surface area contributed by atoms with Crippen molar-refractivity contribution in [2.75, 3.05) is 11.5 Å². The van der Waals surface area contributed by atoms with E-state index in [1.165, 1.54) is 12.1 Å². The highest BCUT2D eigenvalue weighted by molar-refractivity contribution is 8.19. The third-order valence-electron chi connectivity index (χ3n) is 4.73. The Labute approximate surface area is 199 Å². The first-order chi connectivity index (χ1) is 15.9. The van der Waals surface area contributed by atoms with E-state index in [9.17, 15) is 14.0 Å². The lowest BCUT2D eigenvalue weighted by molar-refractivity contribution is -0.113. The molecule has 0 saturated carbocycles. The first-order valence-electron chi connectivity index (χ1n) is 10.1. The third kappa shape index (κ3) is 5.38. The molecule has 3 aromatic carbocycles. The number of anilines is 1. The van der Waals surface area contributed by atoms with Gasteiger partial charge in [0.2, 0.25) is 0 Å². The van der Waals surface area contributed by atoms with Crippen molar-refractivity contribution in [1.82, 2.24) is 0 Å². The molecule has 1 heterocycles. The second-order valence-electron chi connectivity index (χ2n) is 7.05. The average molecular weight is 484 g/mol. The second kappa shape index (κ2) is 10.1. The van der Waals surface area contributed by atoms with Crippen LogP contribution in [0.3, 0.4) is 0 Å². The zero-order chi connectivity index (χ0) is 23.4. The molecular weight excluding hydrogens is 465 g/mol. The van der Waals surface area contributed by atoms with E-state index < -0.39 is 5.91 Å². The number of benzene rings is 3. The fourth-order valence-electron chi connectivity index (χ4n) is 3.22. The van der Waals surface area contributed by atoms with E-state index in [0.717, 1.165) is 16.7 Å². The van der Waals surface area contributed by atoms with Crippen molar-refractivity contribution in [3.8, 4) is 11.5 Å². The van der Waals surface area contributed by atoms with E-state index in [2.05, 4.69) is 0 Å². The van der Waals surface area contributed by atoms with Crippen molar-refractivity contribution in [3.63, 3.8) is 0 Å². The normalized spacial score (nSPS) is 14.8. The Morgan fingerprint density at radius 2 is 1.79 bits per heavy atom. The molecule has 2 amide bonds. The van der Waals surface area contributed by atoms with Crippen molar-refractivity contribution >= 4 is 46.3 Å². The van der Waals surface area contributed by atoms with Crippen LogP contribution in [0.15, 0.2) is 71.6 Å². The second-order valence-corrected chi connectivity index (χ2v) is 8.48. The lowest BCUT2D eigenvalue weighted by Crippen LogP contribution is -2.27. The fourth-order valence-corrected chi connectivity index (χ4v) is 4.19. The minimum absolute atomic E-state index is 0.178. The van der Waals surface area contributed by atoms with Crippen molar-refractivity contribution in [3.05, 3.63) is 93.6 Å². The van der Waals surface area contributed by atoms with Gasteiger partial charge in [-0.05, 0) is 84.4 Å². The maximum atomic E-state index is 13.4. The monoisotopic (exact) mass is 483 g/mol. The van der Waals surface area contributed by atoms with Crippen molar-refractivity contribution in [2.24, 2.45) is 0 Å². The molecule has 1 saturated heterocycles. The molecule has 1 aliphatic heterocycles. The predicted octanol–water partition coefficient (Wildman–Crippen LogP) is 6.70. The number of rotatable bonds is 7.